The normalized spacial score (nSPS) is 14.4. The SMILES string of the molecule is CC(C)[C@H](N[C@@H](CCCCCN1C(=O)C=CC1=O)C(F)(F)F)C(=O)N[C@@H](CCCNC(N)=O)C(=O)Nc1ccc(COC(=O)NCCCC(=O)O)cc1. The number of primary amides is 1. The summed E-state index contributed by atoms with van der Waals surface area (Å²) in [5.41, 5.74) is 5.97. The van der Waals surface area contributed by atoms with Crippen LogP contribution in [-0.2, 0) is 35.3 Å². The lowest BCUT2D eigenvalue weighted by Gasteiger charge is -2.30. The molecule has 8 N–H and O–H groups in total. The van der Waals surface area contributed by atoms with Crippen LogP contribution in [0.5, 0.6) is 0 Å². The molecular weight excluding hydrogens is 707 g/mol. The van der Waals surface area contributed by atoms with Crippen molar-refractivity contribution in [2.24, 2.45) is 11.7 Å². The van der Waals surface area contributed by atoms with Gasteiger partial charge in [-0.1, -0.05) is 38.8 Å². The molecular formula is C34H48F3N7O9. The Kier molecular flexibility index (Phi) is 18.2. The van der Waals surface area contributed by atoms with Crippen LogP contribution in [0.4, 0.5) is 28.4 Å². The van der Waals surface area contributed by atoms with Crippen molar-refractivity contribution in [3.63, 3.8) is 0 Å². The Hall–Kier alpha value is -5.20. The molecule has 0 spiro atoms. The first-order valence-electron chi connectivity index (χ1n) is 17.2. The number of urea groups is 1. The lowest BCUT2D eigenvalue weighted by Crippen LogP contribution is -2.58. The number of hydrogen-bond acceptors (Lipinski definition) is 9. The first-order chi connectivity index (χ1) is 25.0. The average Bonchev–Trinajstić information content (AvgIpc) is 3.40. The monoisotopic (exact) mass is 755 g/mol. The quantitative estimate of drug-likeness (QED) is 0.0637. The molecule has 1 aliphatic heterocycles. The van der Waals surface area contributed by atoms with E-state index in [2.05, 4.69) is 26.6 Å². The second kappa shape index (κ2) is 22.0. The maximum Gasteiger partial charge on any atom is 0.407 e. The smallest absolute Gasteiger partial charge is 0.407 e. The fourth-order valence-corrected chi connectivity index (χ4v) is 5.17. The van der Waals surface area contributed by atoms with E-state index in [9.17, 15) is 46.7 Å². The largest absolute Gasteiger partial charge is 0.481 e. The number of nitrogens with one attached hydrogen (secondary N) is 5. The number of aliphatic carboxylic acids is 1. The number of amides is 7. The predicted molar refractivity (Wildman–Crippen MR) is 185 cm³/mol. The molecule has 0 saturated heterocycles. The maximum absolute atomic E-state index is 14.1. The molecule has 53 heavy (non-hydrogen) atoms. The molecule has 0 bridgehead atoms. The summed E-state index contributed by atoms with van der Waals surface area (Å²) in [5.74, 6) is -4.07. The Labute approximate surface area is 304 Å². The van der Waals surface area contributed by atoms with Crippen molar-refractivity contribution in [3.8, 4) is 0 Å². The molecule has 0 fully saturated rings. The van der Waals surface area contributed by atoms with E-state index in [1.165, 1.54) is 12.1 Å². The number of carbonyl (C=O) groups excluding carboxylic acids is 6. The summed E-state index contributed by atoms with van der Waals surface area (Å²) in [6, 6.07) is 0.732. The van der Waals surface area contributed by atoms with Crippen LogP contribution in [0.15, 0.2) is 36.4 Å². The van der Waals surface area contributed by atoms with Gasteiger partial charge >= 0.3 is 24.3 Å². The Morgan fingerprint density at radius 3 is 2.09 bits per heavy atom. The number of carbonyl (C=O) groups is 7. The Balaban J connectivity index is 2.02. The zero-order chi connectivity index (χ0) is 39.6. The van der Waals surface area contributed by atoms with Gasteiger partial charge in [-0.15, -0.1) is 0 Å². The number of carboxylic acids is 1. The molecule has 1 aromatic carbocycles. The number of alkyl halides is 3. The standard InChI is InChI=1S/C34H48F3N7O9/c1-21(2)29(43-25(34(35,36)37)9-4-3-5-19-44-26(45)15-16-27(44)46)31(50)42-24(8-6-17-39-32(38)51)30(49)41-23-13-11-22(12-14-23)20-53-33(52)40-18-7-10-28(47)48/h11-16,21,24-25,29,43H,3-10,17-20H2,1-2H3,(H,40,52)(H,41,49)(H,42,50)(H,47,48)(H3,38,39,51)/t24-,25-,29-/m0/s1. The minimum absolute atomic E-state index is 0.00356. The van der Waals surface area contributed by atoms with Crippen LogP contribution in [0.2, 0.25) is 0 Å². The van der Waals surface area contributed by atoms with Crippen molar-refractivity contribution in [3.05, 3.63) is 42.0 Å². The Morgan fingerprint density at radius 2 is 1.51 bits per heavy atom. The zero-order valence-corrected chi connectivity index (χ0v) is 29.6. The number of carboxylic acid groups (broad SMARTS) is 1. The molecule has 1 aromatic rings. The molecule has 294 valence electrons. The third kappa shape index (κ3) is 16.8. The topological polar surface area (TPSA) is 238 Å². The highest BCUT2D eigenvalue weighted by Crippen LogP contribution is 2.26. The van der Waals surface area contributed by atoms with Crippen LogP contribution in [0.1, 0.15) is 70.8 Å². The number of hydrogen-bond donors (Lipinski definition) is 7. The second-order valence-electron chi connectivity index (χ2n) is 12.7. The van der Waals surface area contributed by atoms with Gasteiger partial charge in [-0.2, -0.15) is 13.2 Å². The molecule has 1 heterocycles. The van der Waals surface area contributed by atoms with Gasteiger partial charge in [0.15, 0.2) is 0 Å². The van der Waals surface area contributed by atoms with Crippen molar-refractivity contribution in [2.45, 2.75) is 96.1 Å². The minimum atomic E-state index is -4.71. The minimum Gasteiger partial charge on any atom is -0.481 e. The van der Waals surface area contributed by atoms with E-state index < -0.39 is 71.9 Å². The number of anilines is 1. The molecule has 3 atom stereocenters. The third-order valence-electron chi connectivity index (χ3n) is 8.03. The number of benzene rings is 1. The number of rotatable bonds is 23. The first kappa shape index (κ1) is 44.0. The molecule has 2 rings (SSSR count). The van der Waals surface area contributed by atoms with Crippen molar-refractivity contribution in [2.75, 3.05) is 25.0 Å². The predicted octanol–water partition coefficient (Wildman–Crippen LogP) is 2.68. The van der Waals surface area contributed by atoms with Crippen LogP contribution >= 0.6 is 0 Å². The van der Waals surface area contributed by atoms with Crippen LogP contribution in [-0.4, -0.2) is 95.7 Å². The lowest BCUT2D eigenvalue weighted by atomic mass is 9.99. The molecule has 0 saturated carbocycles. The summed E-state index contributed by atoms with van der Waals surface area (Å²) in [7, 11) is 0. The number of unbranched alkanes of at least 4 members (excludes halogenated alkanes) is 2. The molecule has 19 heteroatoms. The summed E-state index contributed by atoms with van der Waals surface area (Å²) in [5, 5.41) is 21.1. The summed E-state index contributed by atoms with van der Waals surface area (Å²) >= 11 is 0. The summed E-state index contributed by atoms with van der Waals surface area (Å²) in [6.07, 6.45) is -2.55. The van der Waals surface area contributed by atoms with Gasteiger partial charge in [0.1, 0.15) is 18.7 Å². The van der Waals surface area contributed by atoms with Gasteiger partial charge in [0.25, 0.3) is 11.8 Å². The highest BCUT2D eigenvalue weighted by Gasteiger charge is 2.42. The van der Waals surface area contributed by atoms with Gasteiger partial charge in [-0.3, -0.25) is 34.2 Å². The molecule has 0 aromatic heterocycles. The average molecular weight is 756 g/mol. The maximum atomic E-state index is 14.1. The Morgan fingerprint density at radius 1 is 0.868 bits per heavy atom. The Bertz CT molecular complexity index is 1440. The first-order valence-corrected chi connectivity index (χ1v) is 17.2. The van der Waals surface area contributed by atoms with E-state index in [4.69, 9.17) is 15.6 Å². The van der Waals surface area contributed by atoms with Gasteiger partial charge in [0, 0.05) is 43.9 Å². The van der Waals surface area contributed by atoms with Crippen LogP contribution in [0.25, 0.3) is 0 Å². The second-order valence-corrected chi connectivity index (χ2v) is 12.7. The van der Waals surface area contributed by atoms with Crippen molar-refractivity contribution >= 4 is 47.4 Å². The van der Waals surface area contributed by atoms with Crippen molar-refractivity contribution in [1.82, 2.24) is 26.2 Å². The highest BCUT2D eigenvalue weighted by molar-refractivity contribution is 6.12. The summed E-state index contributed by atoms with van der Waals surface area (Å²) in [4.78, 5) is 84.7. The molecule has 7 amide bonds. The van der Waals surface area contributed by atoms with Gasteiger partial charge in [0.2, 0.25) is 11.8 Å². The zero-order valence-electron chi connectivity index (χ0n) is 29.6. The fraction of sp³-hybridized carbons (Fsp3) is 0.559. The summed E-state index contributed by atoms with van der Waals surface area (Å²) < 4.78 is 47.4. The fourth-order valence-electron chi connectivity index (χ4n) is 5.17. The third-order valence-corrected chi connectivity index (χ3v) is 8.03. The van der Waals surface area contributed by atoms with Gasteiger partial charge < -0.3 is 36.8 Å². The van der Waals surface area contributed by atoms with Gasteiger partial charge in [0.05, 0.1) is 6.04 Å². The number of nitrogens with two attached hydrogens (primary N) is 1. The highest BCUT2D eigenvalue weighted by atomic mass is 19.4. The number of ether oxygens (including phenoxy) is 1. The van der Waals surface area contributed by atoms with E-state index in [0.29, 0.717) is 24.1 Å². The molecule has 1 aliphatic rings. The number of imide groups is 1. The molecule has 0 radical (unpaired) electrons. The van der Waals surface area contributed by atoms with E-state index in [1.54, 1.807) is 26.0 Å². The van der Waals surface area contributed by atoms with E-state index in [0.717, 1.165) is 17.1 Å². The van der Waals surface area contributed by atoms with Gasteiger partial charge in [-0.25, -0.2) is 9.59 Å². The molecule has 0 unspecified atom stereocenters. The van der Waals surface area contributed by atoms with Crippen LogP contribution in [0.3, 0.4) is 0 Å². The number of nitrogens with zero attached hydrogens (tertiary/aromatic N) is 1. The number of halogens is 3. The van der Waals surface area contributed by atoms with E-state index >= 15 is 0 Å². The van der Waals surface area contributed by atoms with Crippen LogP contribution in [0, 0.1) is 5.92 Å². The van der Waals surface area contributed by atoms with Crippen molar-refractivity contribution in [1.29, 1.82) is 0 Å². The van der Waals surface area contributed by atoms with Crippen molar-refractivity contribution < 1.29 is 56.6 Å². The van der Waals surface area contributed by atoms with E-state index in [-0.39, 0.29) is 64.8 Å². The number of alkyl carbamates (subject to hydrolysis) is 1. The molecule has 16 nitrogen and oxygen atoms in total. The summed E-state index contributed by atoms with van der Waals surface area (Å²) in [6.45, 7) is 3.27. The lowest BCUT2D eigenvalue weighted by molar-refractivity contribution is -0.161. The van der Waals surface area contributed by atoms with Gasteiger partial charge in [-0.05, 0) is 55.7 Å². The molecule has 0 aliphatic carbocycles. The van der Waals surface area contributed by atoms with E-state index in [1.807, 2.05) is 0 Å². The van der Waals surface area contributed by atoms with Crippen LogP contribution < -0.4 is 32.3 Å².